The second kappa shape index (κ2) is 16.6. The van der Waals surface area contributed by atoms with E-state index in [1.165, 1.54) is 0 Å². The summed E-state index contributed by atoms with van der Waals surface area (Å²) in [5, 5.41) is 19.1. The Hall–Kier alpha value is -5.83. The first-order valence-electron chi connectivity index (χ1n) is 19.6. The van der Waals surface area contributed by atoms with Gasteiger partial charge >= 0.3 is 0 Å². The van der Waals surface area contributed by atoms with Crippen molar-refractivity contribution in [3.63, 3.8) is 0 Å². The summed E-state index contributed by atoms with van der Waals surface area (Å²) in [4.78, 5) is 33.3. The minimum atomic E-state index is -0.452. The lowest BCUT2D eigenvalue weighted by Gasteiger charge is -2.31. The average molecular weight is 780 g/mol. The van der Waals surface area contributed by atoms with E-state index in [0.29, 0.717) is 79.1 Å². The number of hydrogen-bond donors (Lipinski definition) is 0. The zero-order valence-electron chi connectivity index (χ0n) is 36.5. The van der Waals surface area contributed by atoms with Crippen LogP contribution in [0.1, 0.15) is 94.5 Å². The van der Waals surface area contributed by atoms with Crippen molar-refractivity contribution in [2.45, 2.75) is 83.1 Å². The van der Waals surface area contributed by atoms with Crippen LogP contribution in [0, 0.1) is 21.7 Å². The highest BCUT2D eigenvalue weighted by atomic mass is 16.5. The van der Waals surface area contributed by atoms with Gasteiger partial charge in [0.1, 0.15) is 22.9 Å². The Labute approximate surface area is 344 Å². The number of methoxy groups -OCH3 is 2. The Balaban J connectivity index is 1.85. The molecule has 0 aliphatic heterocycles. The number of carbonyl (C=O) groups is 2. The van der Waals surface area contributed by atoms with E-state index >= 15 is 0 Å². The van der Waals surface area contributed by atoms with E-state index in [-0.39, 0.29) is 11.6 Å². The van der Waals surface area contributed by atoms with Crippen molar-refractivity contribution in [1.82, 2.24) is 4.98 Å². The fourth-order valence-corrected chi connectivity index (χ4v) is 6.48. The van der Waals surface area contributed by atoms with Gasteiger partial charge in [0, 0.05) is 33.4 Å². The quantitative estimate of drug-likeness (QED) is 0.211. The van der Waals surface area contributed by atoms with Gasteiger partial charge in [0.15, 0.2) is 11.6 Å². The molecule has 9 heteroatoms. The normalized spacial score (nSPS) is 15.7. The highest BCUT2D eigenvalue weighted by Gasteiger charge is 2.36. The van der Waals surface area contributed by atoms with Crippen LogP contribution >= 0.6 is 0 Å². The van der Waals surface area contributed by atoms with E-state index in [1.807, 2.05) is 174 Å². The van der Waals surface area contributed by atoms with Crippen LogP contribution in [-0.4, -0.2) is 30.8 Å². The molecule has 0 atom stereocenters. The molecule has 1 heterocycles. The van der Waals surface area contributed by atoms with Gasteiger partial charge in [-0.05, 0) is 107 Å². The maximum absolute atomic E-state index is 14.0. The molecule has 58 heavy (non-hydrogen) atoms. The van der Waals surface area contributed by atoms with Crippen LogP contribution in [-0.2, 0) is 9.59 Å². The number of allylic oxidation sites excluding steroid dienone is 10. The lowest BCUT2D eigenvalue weighted by atomic mass is 9.71. The van der Waals surface area contributed by atoms with Gasteiger partial charge in [-0.2, -0.15) is 10.2 Å². The first-order chi connectivity index (χ1) is 27.0. The molecule has 0 amide bonds. The average Bonchev–Trinajstić information content (AvgIpc) is 3.14. The molecule has 2 aromatic carbocycles. The van der Waals surface area contributed by atoms with Crippen molar-refractivity contribution in [1.29, 1.82) is 0 Å². The number of aromatic nitrogens is 1. The molecule has 2 aliphatic carbocycles. The fourth-order valence-electron chi connectivity index (χ4n) is 6.48. The highest BCUT2D eigenvalue weighted by molar-refractivity contribution is 6.13. The molecular weight excluding hydrogens is 723 g/mol. The third kappa shape index (κ3) is 9.99. The predicted octanol–water partition coefficient (Wildman–Crippen LogP) is 13.1. The van der Waals surface area contributed by atoms with E-state index in [4.69, 9.17) is 24.7 Å². The highest BCUT2D eigenvalue weighted by Crippen LogP contribution is 2.43. The van der Waals surface area contributed by atoms with Gasteiger partial charge in [0.2, 0.25) is 0 Å². The van der Waals surface area contributed by atoms with Gasteiger partial charge in [0.25, 0.3) is 0 Å². The summed E-state index contributed by atoms with van der Waals surface area (Å²) in [7, 11) is 3.23. The van der Waals surface area contributed by atoms with Crippen molar-refractivity contribution in [2.24, 2.45) is 42.1 Å². The first-order valence-corrected chi connectivity index (χ1v) is 19.6. The molecule has 0 saturated carbocycles. The number of rotatable bonds is 8. The van der Waals surface area contributed by atoms with Gasteiger partial charge in [-0.3, -0.25) is 9.59 Å². The molecule has 0 fully saturated rings. The van der Waals surface area contributed by atoms with Crippen LogP contribution in [0.15, 0.2) is 145 Å². The van der Waals surface area contributed by atoms with E-state index < -0.39 is 21.7 Å². The maximum Gasteiger partial charge on any atom is 0.186 e. The van der Waals surface area contributed by atoms with Crippen molar-refractivity contribution in [3.8, 4) is 11.5 Å². The van der Waals surface area contributed by atoms with Crippen LogP contribution in [0.3, 0.4) is 0 Å². The molecule has 1 aromatic heterocycles. The summed E-state index contributed by atoms with van der Waals surface area (Å²) >= 11 is 0. The van der Waals surface area contributed by atoms with Gasteiger partial charge in [0.05, 0.1) is 37.0 Å². The Morgan fingerprint density at radius 3 is 1.02 bits per heavy atom. The molecule has 2 aliphatic rings. The smallest absolute Gasteiger partial charge is 0.186 e. The van der Waals surface area contributed by atoms with Crippen molar-refractivity contribution < 1.29 is 19.1 Å². The molecule has 0 bridgehead atoms. The number of nitrogens with zero attached hydrogens (tertiary/aromatic N) is 5. The first kappa shape index (κ1) is 43.3. The molecule has 9 nitrogen and oxygen atoms in total. The van der Waals surface area contributed by atoms with Gasteiger partial charge in [-0.15, -0.1) is 10.2 Å². The summed E-state index contributed by atoms with van der Waals surface area (Å²) < 4.78 is 10.7. The molecule has 3 aromatic rings. The molecular formula is C49H57N5O4. The van der Waals surface area contributed by atoms with Crippen LogP contribution in [0.25, 0.3) is 11.4 Å². The second-order valence-electron chi connectivity index (χ2n) is 18.7. The van der Waals surface area contributed by atoms with Crippen molar-refractivity contribution in [3.05, 3.63) is 136 Å². The number of Topliss-reactive ketones (excluding diaryl/α,β-unsaturated/α-hetero) is 2. The second-order valence-corrected chi connectivity index (χ2v) is 18.7. The fraction of sp³-hybridized carbons (Fsp3) is 0.367. The van der Waals surface area contributed by atoms with Gasteiger partial charge < -0.3 is 9.47 Å². The molecule has 0 radical (unpaired) electrons. The third-order valence-corrected chi connectivity index (χ3v) is 9.87. The Bertz CT molecular complexity index is 2100. The number of carbonyl (C=O) groups excluding carboxylic acids is 2. The lowest BCUT2D eigenvalue weighted by molar-refractivity contribution is -0.114. The summed E-state index contributed by atoms with van der Waals surface area (Å²) in [6, 6.07) is 20.3. The Kier molecular flexibility index (Phi) is 12.4. The van der Waals surface area contributed by atoms with E-state index in [9.17, 15) is 9.59 Å². The SMILES string of the molecule is COc1ccc(N=NC(=C2C=C(C(C)(C)C)C(=O)C(C(C)(C)C)=C2)c2cccc(C(N=Nc3ccc(OC)cc3)=C3C=C(C(C)(C)C)C(=O)C(C(C)(C)C)=C3)n2)cc1. The lowest BCUT2D eigenvalue weighted by Crippen LogP contribution is -2.28. The van der Waals surface area contributed by atoms with Crippen LogP contribution in [0.5, 0.6) is 11.5 Å². The van der Waals surface area contributed by atoms with Crippen LogP contribution in [0.4, 0.5) is 11.4 Å². The topological polar surface area (TPSA) is 115 Å². The van der Waals surface area contributed by atoms with E-state index in [1.54, 1.807) is 14.2 Å². The number of ketones is 2. The summed E-state index contributed by atoms with van der Waals surface area (Å²) in [6.07, 6.45) is 7.67. The van der Waals surface area contributed by atoms with Crippen LogP contribution < -0.4 is 9.47 Å². The standard InChI is InChI=1S/C49H57N5O4/c1-46(2,3)36-26-30(27-37(44(36)55)47(4,5)6)42(53-51-32-18-22-34(57-13)23-19-32)40-16-15-17-41(50-40)43(54-52-33-20-24-35(58-14)25-21-33)31-28-38(48(7,8)9)45(56)39(29-31)49(10,11)12/h15-29H,1-14H3. The Morgan fingerprint density at radius 1 is 0.466 bits per heavy atom. The van der Waals surface area contributed by atoms with E-state index in [0.717, 1.165) is 0 Å². The maximum atomic E-state index is 14.0. The number of benzene rings is 2. The number of azo groups is 2. The van der Waals surface area contributed by atoms with E-state index in [2.05, 4.69) is 10.2 Å². The minimum absolute atomic E-state index is 0.0117. The zero-order chi connectivity index (χ0) is 42.8. The molecule has 0 N–H and O–H groups in total. The summed E-state index contributed by atoms with van der Waals surface area (Å²) in [5.41, 5.74) is 5.50. The minimum Gasteiger partial charge on any atom is -0.497 e. The van der Waals surface area contributed by atoms with Crippen molar-refractivity contribution in [2.75, 3.05) is 14.2 Å². The molecule has 5 rings (SSSR count). The van der Waals surface area contributed by atoms with Crippen molar-refractivity contribution >= 4 is 34.3 Å². The largest absolute Gasteiger partial charge is 0.497 e. The molecule has 0 unspecified atom stereocenters. The predicted molar refractivity (Wildman–Crippen MR) is 233 cm³/mol. The number of hydrogen-bond acceptors (Lipinski definition) is 9. The van der Waals surface area contributed by atoms with Gasteiger partial charge in [-0.25, -0.2) is 4.98 Å². The zero-order valence-corrected chi connectivity index (χ0v) is 36.5. The number of ether oxygens (including phenoxy) is 2. The van der Waals surface area contributed by atoms with Crippen LogP contribution in [0.2, 0.25) is 0 Å². The third-order valence-electron chi connectivity index (χ3n) is 9.87. The summed E-state index contributed by atoms with van der Waals surface area (Å²) in [6.45, 7) is 24.5. The molecule has 0 saturated heterocycles. The summed E-state index contributed by atoms with van der Waals surface area (Å²) in [5.74, 6) is 1.43. The Morgan fingerprint density at radius 2 is 0.759 bits per heavy atom. The monoisotopic (exact) mass is 779 g/mol. The molecule has 0 spiro atoms. The number of pyridine rings is 1. The van der Waals surface area contributed by atoms with Gasteiger partial charge in [-0.1, -0.05) is 89.2 Å². The molecule has 302 valence electrons.